The van der Waals surface area contributed by atoms with Gasteiger partial charge in [0.2, 0.25) is 0 Å². The van der Waals surface area contributed by atoms with Crippen LogP contribution in [-0.4, -0.2) is 13.6 Å². The summed E-state index contributed by atoms with van der Waals surface area (Å²) in [6.07, 6.45) is 0. The quantitative estimate of drug-likeness (QED) is 0.273. The summed E-state index contributed by atoms with van der Waals surface area (Å²) in [6, 6.07) is 0. The van der Waals surface area contributed by atoms with Crippen LogP contribution in [0, 0.1) is 14.9 Å². The smallest absolute Gasteiger partial charge is 0.545 e. The van der Waals surface area contributed by atoms with Crippen LogP contribution in [0.5, 0.6) is 0 Å². The maximum absolute atomic E-state index is 7.75. The van der Waals surface area contributed by atoms with Crippen LogP contribution in [0.25, 0.3) is 0 Å². The zero-order valence-electron chi connectivity index (χ0n) is 4.47. The zero-order valence-corrected chi connectivity index (χ0v) is 6.03. The second kappa shape index (κ2) is 52500. The predicted octanol–water partition coefficient (Wildman–Crippen LogP) is 0.350. The molecule has 0 aromatic heterocycles. The predicted molar refractivity (Wildman–Crippen MR) is 26.3 cm³/mol. The van der Waals surface area contributed by atoms with Crippen LogP contribution in [0.1, 0.15) is 0 Å². The van der Waals surface area contributed by atoms with Gasteiger partial charge in [0.15, 0.2) is 0 Å². The number of carbonyl (C=O) groups excluding carboxylic acids is 2. The van der Waals surface area contributed by atoms with E-state index in [2.05, 4.69) is 13.6 Å². The maximum Gasteiger partial charge on any atom is 4.00 e. The molecule has 7 heavy (non-hydrogen) atoms. The van der Waals surface area contributed by atoms with E-state index >= 15 is 0 Å². The minimum absolute atomic E-state index is 0. The van der Waals surface area contributed by atoms with Crippen LogP contribution >= 0.6 is 0 Å². The normalized spacial score (nSPS) is 1.14. The minimum Gasteiger partial charge on any atom is -0.545 e. The summed E-state index contributed by atoms with van der Waals surface area (Å²) < 4.78 is 0. The summed E-state index contributed by atoms with van der Waals surface area (Å²) in [4.78, 5) is 15.5. The Kier molecular flexibility index (Phi) is 459000. The van der Waals surface area contributed by atoms with Crippen LogP contribution in [0.3, 0.4) is 0 Å². The molecule has 0 aliphatic heterocycles. The molecule has 0 radical (unpaired) electrons. The Balaban J connectivity index is -0.00000000267. The van der Waals surface area contributed by atoms with Gasteiger partial charge < -0.3 is 24.4 Å². The third kappa shape index (κ3) is 33800. The van der Waals surface area contributed by atoms with Crippen molar-refractivity contribution in [2.75, 3.05) is 0 Å². The van der Waals surface area contributed by atoms with Crippen molar-refractivity contribution in [3.05, 3.63) is 14.9 Å². The molecule has 0 saturated carbocycles. The molecular weight excluding hydrogens is 128 g/mol. The molecule has 0 N–H and O–H groups in total. The van der Waals surface area contributed by atoms with Gasteiger partial charge in [-0.15, -0.1) is 0 Å². The molecule has 0 rings (SSSR count). The van der Waals surface area contributed by atoms with Gasteiger partial charge in [0, 0.05) is 0 Å². The molecular formula is C4H8O2Ti. The zero-order chi connectivity index (χ0) is 4.00. The van der Waals surface area contributed by atoms with E-state index in [1.54, 1.807) is 0 Å². The van der Waals surface area contributed by atoms with E-state index in [0.29, 0.717) is 0 Å². The fourth-order valence-electron chi connectivity index (χ4n) is 0. The number of rotatable bonds is 0. The Labute approximate surface area is 60.2 Å². The van der Waals surface area contributed by atoms with Gasteiger partial charge in [-0.1, -0.05) is 0 Å². The Bertz CT molecular complexity index is 11.7. The average molecular weight is 136 g/mol. The third-order valence-electron chi connectivity index (χ3n) is 0. The largest absolute Gasteiger partial charge is 4.00 e. The average Bonchev–Trinajstić information content (AvgIpc) is 1.50. The molecule has 0 aromatic carbocycles. The first-order chi connectivity index (χ1) is 2.00. The van der Waals surface area contributed by atoms with Crippen molar-refractivity contribution in [3.8, 4) is 0 Å². The molecule has 0 spiro atoms. The van der Waals surface area contributed by atoms with Gasteiger partial charge in [-0.2, -0.15) is 0 Å². The van der Waals surface area contributed by atoms with Gasteiger partial charge >= 0.3 is 21.7 Å². The van der Waals surface area contributed by atoms with Crippen molar-refractivity contribution in [2.45, 2.75) is 0 Å². The topological polar surface area (TPSA) is 34.1 Å². The van der Waals surface area contributed by atoms with E-state index in [-0.39, 0.29) is 36.6 Å². The molecule has 0 heterocycles. The molecule has 0 unspecified atom stereocenters. The molecule has 0 saturated heterocycles. The summed E-state index contributed by atoms with van der Waals surface area (Å²) in [5, 5.41) is 0. The van der Waals surface area contributed by atoms with Gasteiger partial charge in [-0.3, -0.25) is 13.6 Å². The monoisotopic (exact) mass is 136 g/mol. The van der Waals surface area contributed by atoms with Crippen molar-refractivity contribution in [3.63, 3.8) is 0 Å². The molecule has 2 nitrogen and oxygen atoms in total. The molecule has 0 amide bonds. The standard InChI is InChI=1S/2CHO.2CH3.Ti/c2*1-2;;;/h2*1H;2*1H3;/q4*-1;+4. The van der Waals surface area contributed by atoms with Crippen molar-refractivity contribution in [1.82, 2.24) is 0 Å². The van der Waals surface area contributed by atoms with Gasteiger partial charge in [0.05, 0.1) is 0 Å². The van der Waals surface area contributed by atoms with Crippen molar-refractivity contribution in [2.24, 2.45) is 0 Å². The Hall–Kier alpha value is 0.0543. The van der Waals surface area contributed by atoms with E-state index in [1.165, 1.54) is 0 Å². The van der Waals surface area contributed by atoms with E-state index in [4.69, 9.17) is 9.59 Å². The first-order valence-corrected chi connectivity index (χ1v) is 0.471. The fourth-order valence-corrected chi connectivity index (χ4v) is 0. The molecule has 0 bridgehead atoms. The second-order valence-corrected chi connectivity index (χ2v) is 0. The molecule has 0 aliphatic carbocycles. The summed E-state index contributed by atoms with van der Waals surface area (Å²) in [5.74, 6) is 0. The first kappa shape index (κ1) is 61.3. The Morgan fingerprint density at radius 1 is 0.714 bits per heavy atom. The molecule has 0 fully saturated rings. The Morgan fingerprint density at radius 2 is 0.714 bits per heavy atom. The first-order valence-electron chi connectivity index (χ1n) is 0.471. The van der Waals surface area contributed by atoms with Crippen LogP contribution in [0.4, 0.5) is 0 Å². The van der Waals surface area contributed by atoms with Gasteiger partial charge in [-0.25, -0.2) is 0 Å². The number of hydrogen-bond acceptors (Lipinski definition) is 2. The van der Waals surface area contributed by atoms with Crippen LogP contribution in [0.2, 0.25) is 0 Å². The fraction of sp³-hybridized carbons (Fsp3) is 0. The van der Waals surface area contributed by atoms with E-state index in [1.807, 2.05) is 0 Å². The SMILES string of the molecule is [CH-]=O.[CH-]=O.[CH3-].[CH3-].[Ti+4]. The van der Waals surface area contributed by atoms with E-state index in [0.717, 1.165) is 0 Å². The van der Waals surface area contributed by atoms with Gasteiger partial charge in [-0.05, 0) is 0 Å². The molecule has 0 aliphatic rings. The minimum atomic E-state index is 0. The van der Waals surface area contributed by atoms with Gasteiger partial charge in [0.1, 0.15) is 0 Å². The summed E-state index contributed by atoms with van der Waals surface area (Å²) in [5.41, 5.74) is 0. The van der Waals surface area contributed by atoms with E-state index in [9.17, 15) is 0 Å². The Morgan fingerprint density at radius 3 is 0.714 bits per heavy atom. The molecule has 0 atom stereocenters. The van der Waals surface area contributed by atoms with Gasteiger partial charge in [0.25, 0.3) is 0 Å². The van der Waals surface area contributed by atoms with Crippen LogP contribution in [-0.2, 0) is 31.3 Å². The maximum atomic E-state index is 7.75. The van der Waals surface area contributed by atoms with E-state index < -0.39 is 0 Å². The van der Waals surface area contributed by atoms with Crippen LogP contribution < -0.4 is 0 Å². The van der Waals surface area contributed by atoms with Crippen molar-refractivity contribution in [1.29, 1.82) is 0 Å². The van der Waals surface area contributed by atoms with Crippen molar-refractivity contribution >= 4 is 13.6 Å². The third-order valence-corrected chi connectivity index (χ3v) is 0. The molecule has 0 aromatic rings. The van der Waals surface area contributed by atoms with Crippen LogP contribution in [0.15, 0.2) is 0 Å². The summed E-state index contributed by atoms with van der Waals surface area (Å²) >= 11 is 0. The number of hydrogen-bond donors (Lipinski definition) is 0. The summed E-state index contributed by atoms with van der Waals surface area (Å²) in [7, 11) is 0. The molecule has 3 heteroatoms. The van der Waals surface area contributed by atoms with Crippen molar-refractivity contribution < 1.29 is 31.3 Å². The molecule has 40 valence electrons. The second-order valence-electron chi connectivity index (χ2n) is 0. The summed E-state index contributed by atoms with van der Waals surface area (Å²) in [6.45, 7) is 6.50.